The molecule has 1 saturated heterocycles. The Morgan fingerprint density at radius 1 is 1.00 bits per heavy atom. The lowest BCUT2D eigenvalue weighted by molar-refractivity contribution is -0.123. The number of hydrogen-bond acceptors (Lipinski definition) is 4. The molecule has 2 aromatic carbocycles. The number of hydrogen-bond donors (Lipinski definition) is 2. The lowest BCUT2D eigenvalue weighted by atomic mass is 9.95. The van der Waals surface area contributed by atoms with Crippen molar-refractivity contribution in [3.8, 4) is 11.4 Å². The van der Waals surface area contributed by atoms with Gasteiger partial charge in [-0.25, -0.2) is 0 Å². The Kier molecular flexibility index (Phi) is 7.62. The fourth-order valence-electron chi connectivity index (χ4n) is 5.44. The number of benzene rings is 2. The third-order valence-electron chi connectivity index (χ3n) is 7.54. The number of amides is 1. The maximum absolute atomic E-state index is 12.7. The van der Waals surface area contributed by atoms with E-state index in [2.05, 4.69) is 71.2 Å². The highest BCUT2D eigenvalue weighted by atomic mass is 32.1. The van der Waals surface area contributed by atoms with Crippen molar-refractivity contribution in [2.75, 3.05) is 17.3 Å². The quantitative estimate of drug-likeness (QED) is 0.245. The Hall–Kier alpha value is -4.17. The van der Waals surface area contributed by atoms with Gasteiger partial charge < -0.3 is 24.8 Å². The zero-order valence-electron chi connectivity index (χ0n) is 24.6. The number of carbonyl (C=O) groups excluding carboxylic acids is 1. The Morgan fingerprint density at radius 3 is 2.44 bits per heavy atom. The molecule has 5 rings (SSSR count). The molecule has 1 aliphatic rings. The molecule has 1 amide bonds. The number of nitrogens with one attached hydrogen (secondary N) is 2. The third kappa shape index (κ3) is 5.44. The Bertz CT molecular complexity index is 1610. The average Bonchev–Trinajstić information content (AvgIpc) is 3.43. The molecule has 0 spiro atoms. The van der Waals surface area contributed by atoms with Crippen molar-refractivity contribution in [2.24, 2.45) is 5.41 Å². The summed E-state index contributed by atoms with van der Waals surface area (Å²) in [4.78, 5) is 19.6. The van der Waals surface area contributed by atoms with Gasteiger partial charge in [0.1, 0.15) is 5.75 Å². The molecule has 2 aromatic heterocycles. The van der Waals surface area contributed by atoms with Crippen LogP contribution in [0.5, 0.6) is 5.75 Å². The van der Waals surface area contributed by atoms with E-state index in [1.54, 1.807) is 7.11 Å². The summed E-state index contributed by atoms with van der Waals surface area (Å²) in [5.41, 5.74) is 7.60. The molecule has 0 unspecified atom stereocenters. The van der Waals surface area contributed by atoms with E-state index in [9.17, 15) is 4.79 Å². The number of carbonyl (C=O) groups is 1. The van der Waals surface area contributed by atoms with E-state index in [1.807, 2.05) is 63.4 Å². The van der Waals surface area contributed by atoms with Gasteiger partial charge in [0.15, 0.2) is 5.11 Å². The van der Waals surface area contributed by atoms with Crippen molar-refractivity contribution in [2.45, 2.75) is 53.6 Å². The molecule has 0 aliphatic carbocycles. The maximum atomic E-state index is 12.7. The minimum Gasteiger partial charge on any atom is -0.494 e. The van der Waals surface area contributed by atoms with Crippen molar-refractivity contribution < 1.29 is 9.53 Å². The molecule has 0 saturated carbocycles. The van der Waals surface area contributed by atoms with Crippen molar-refractivity contribution in [3.63, 3.8) is 0 Å². The van der Waals surface area contributed by atoms with Crippen LogP contribution in [0, 0.1) is 26.2 Å². The van der Waals surface area contributed by atoms with E-state index in [4.69, 9.17) is 21.9 Å². The number of aromatic nitrogens is 2. The molecule has 41 heavy (non-hydrogen) atoms. The number of thiocarbonyl (C=S) groups is 1. The van der Waals surface area contributed by atoms with Crippen LogP contribution in [0.15, 0.2) is 72.9 Å². The van der Waals surface area contributed by atoms with Crippen LogP contribution >= 0.6 is 12.2 Å². The Balaban J connectivity index is 1.63. The first kappa shape index (κ1) is 28.4. The van der Waals surface area contributed by atoms with Crippen LogP contribution in [0.3, 0.4) is 0 Å². The van der Waals surface area contributed by atoms with Crippen molar-refractivity contribution in [3.05, 3.63) is 101 Å². The first-order valence-electron chi connectivity index (χ1n) is 13.8. The van der Waals surface area contributed by atoms with Crippen LogP contribution in [-0.2, 0) is 4.79 Å². The summed E-state index contributed by atoms with van der Waals surface area (Å²) >= 11 is 5.97. The maximum Gasteiger partial charge on any atom is 0.229 e. The van der Waals surface area contributed by atoms with Crippen LogP contribution in [0.1, 0.15) is 61.1 Å². The molecule has 7 nitrogen and oxygen atoms in total. The first-order valence-corrected chi connectivity index (χ1v) is 14.2. The monoisotopic (exact) mass is 567 g/mol. The van der Waals surface area contributed by atoms with Gasteiger partial charge in [0.05, 0.1) is 30.6 Å². The third-order valence-corrected chi connectivity index (χ3v) is 7.85. The lowest BCUT2D eigenvalue weighted by Gasteiger charge is -2.29. The summed E-state index contributed by atoms with van der Waals surface area (Å²) in [6.45, 7) is 12.0. The smallest absolute Gasteiger partial charge is 0.229 e. The van der Waals surface area contributed by atoms with Gasteiger partial charge >= 0.3 is 0 Å². The summed E-state index contributed by atoms with van der Waals surface area (Å²) in [6.07, 6.45) is 1.81. The molecule has 1 aliphatic heterocycles. The fraction of sp³-hybridized carbons (Fsp3) is 0.303. The highest BCUT2D eigenvalue weighted by Gasteiger charge is 2.42. The first-order chi connectivity index (χ1) is 19.5. The van der Waals surface area contributed by atoms with Gasteiger partial charge in [-0.1, -0.05) is 39.0 Å². The number of nitrogens with zero attached hydrogens (tertiary/aromatic N) is 3. The molecule has 1 fully saturated rings. The van der Waals surface area contributed by atoms with Gasteiger partial charge in [0.2, 0.25) is 5.91 Å². The summed E-state index contributed by atoms with van der Waals surface area (Å²) in [5, 5.41) is 7.15. The normalized spacial score (nSPS) is 17.0. The fourth-order valence-corrected chi connectivity index (χ4v) is 5.79. The number of ether oxygens (including phenoxy) is 1. The molecule has 0 bridgehead atoms. The van der Waals surface area contributed by atoms with E-state index in [0.717, 1.165) is 34.0 Å². The molecule has 212 valence electrons. The summed E-state index contributed by atoms with van der Waals surface area (Å²) < 4.78 is 8.04. The molecular formula is C33H37N5O2S. The molecule has 4 aromatic rings. The SMILES string of the molecule is COc1cc(N2C(=S)N[C@H](c3ccccn3)[C@@H]2c2cc(C)n(-c3cccc(C)c3)c2C)ccc1NC(=O)C(C)(C)C. The zero-order valence-corrected chi connectivity index (χ0v) is 25.5. The Labute approximate surface area is 247 Å². The largest absolute Gasteiger partial charge is 0.494 e. The van der Waals surface area contributed by atoms with Gasteiger partial charge in [0.25, 0.3) is 0 Å². The summed E-state index contributed by atoms with van der Waals surface area (Å²) in [6, 6.07) is 22.2. The minimum absolute atomic E-state index is 0.0846. The zero-order chi connectivity index (χ0) is 29.5. The number of anilines is 2. The molecule has 8 heteroatoms. The lowest BCUT2D eigenvalue weighted by Crippen LogP contribution is -2.30. The summed E-state index contributed by atoms with van der Waals surface area (Å²) in [5.74, 6) is 0.478. The molecule has 2 N–H and O–H groups in total. The number of aryl methyl sites for hydroxylation is 2. The second kappa shape index (κ2) is 11.0. The topological polar surface area (TPSA) is 71.4 Å². The van der Waals surface area contributed by atoms with E-state index in [0.29, 0.717) is 16.5 Å². The average molecular weight is 568 g/mol. The predicted octanol–water partition coefficient (Wildman–Crippen LogP) is 6.97. The standard InChI is InChI=1S/C33H37N5O2S/c1-20-11-10-12-23(17-20)37-21(2)18-25(22(37)3)30-29(27-13-8-9-16-34-27)36-32(41)38(30)24-14-15-26(28(19-24)40-7)35-31(39)33(4,5)6/h8-19,29-30H,1-7H3,(H,35,39)(H,36,41)/t29-,30+/m1/s1. The second-order valence-corrected chi connectivity index (χ2v) is 12.0. The minimum atomic E-state index is -0.537. The molecular weight excluding hydrogens is 530 g/mol. The van der Waals surface area contributed by atoms with Gasteiger partial charge in [-0.2, -0.15) is 0 Å². The van der Waals surface area contributed by atoms with Gasteiger partial charge in [-0.3, -0.25) is 9.78 Å². The van der Waals surface area contributed by atoms with Crippen LogP contribution in [0.4, 0.5) is 11.4 Å². The van der Waals surface area contributed by atoms with Gasteiger partial charge in [0, 0.05) is 40.4 Å². The van der Waals surface area contributed by atoms with Crippen molar-refractivity contribution in [1.82, 2.24) is 14.9 Å². The van der Waals surface area contributed by atoms with Gasteiger partial charge in [-0.05, 0) is 86.6 Å². The summed E-state index contributed by atoms with van der Waals surface area (Å²) in [7, 11) is 1.61. The molecule has 3 heterocycles. The van der Waals surface area contributed by atoms with Crippen molar-refractivity contribution >= 4 is 34.6 Å². The van der Waals surface area contributed by atoms with Crippen molar-refractivity contribution in [1.29, 1.82) is 0 Å². The predicted molar refractivity (Wildman–Crippen MR) is 169 cm³/mol. The van der Waals surface area contributed by atoms with E-state index in [-0.39, 0.29) is 18.0 Å². The highest BCUT2D eigenvalue weighted by molar-refractivity contribution is 7.80. The second-order valence-electron chi connectivity index (χ2n) is 11.6. The van der Waals surface area contributed by atoms with Crippen LogP contribution in [0.2, 0.25) is 0 Å². The van der Waals surface area contributed by atoms with Crippen LogP contribution in [0.25, 0.3) is 5.69 Å². The van der Waals surface area contributed by atoms with Gasteiger partial charge in [-0.15, -0.1) is 0 Å². The van der Waals surface area contributed by atoms with Crippen LogP contribution < -0.4 is 20.3 Å². The van der Waals surface area contributed by atoms with E-state index in [1.165, 1.54) is 5.56 Å². The molecule has 2 atom stereocenters. The Morgan fingerprint density at radius 2 is 1.78 bits per heavy atom. The van der Waals surface area contributed by atoms with Crippen LogP contribution in [-0.4, -0.2) is 27.7 Å². The number of methoxy groups -OCH3 is 1. The number of pyridine rings is 1. The van der Waals surface area contributed by atoms with E-state index >= 15 is 0 Å². The highest BCUT2D eigenvalue weighted by Crippen LogP contribution is 2.45. The van der Waals surface area contributed by atoms with E-state index < -0.39 is 5.41 Å². The molecule has 0 radical (unpaired) electrons. The number of rotatable bonds is 6.